The Hall–Kier alpha value is -8.90. The van der Waals surface area contributed by atoms with Crippen LogP contribution in [0.15, 0.2) is 109 Å². The van der Waals surface area contributed by atoms with E-state index in [1.807, 2.05) is 26.2 Å². The third-order valence-corrected chi connectivity index (χ3v) is 11.0. The molecule has 0 aliphatic carbocycles. The molecular weight excluding hydrogens is 1090 g/mol. The van der Waals surface area contributed by atoms with Gasteiger partial charge >= 0.3 is 19.5 Å². The van der Waals surface area contributed by atoms with Gasteiger partial charge in [0.15, 0.2) is 17.3 Å². The monoisotopic (exact) mass is 1150 g/mol. The van der Waals surface area contributed by atoms with Crippen LogP contribution in [-0.2, 0) is 77.0 Å². The molecule has 401 valence electrons. The number of aromatic nitrogens is 4. The maximum atomic E-state index is 10.8. The first kappa shape index (κ1) is 63.4. The van der Waals surface area contributed by atoms with Crippen molar-refractivity contribution in [2.45, 2.75) is 92.4 Å². The topological polar surface area (TPSA) is 326 Å². The van der Waals surface area contributed by atoms with E-state index >= 15 is 0 Å². The van der Waals surface area contributed by atoms with Crippen LogP contribution in [0, 0.1) is 13.8 Å². The number of aryl methyl sites for hydroxylation is 2. The zero-order valence-corrected chi connectivity index (χ0v) is 44.8. The Bertz CT molecular complexity index is 3290. The fourth-order valence-electron chi connectivity index (χ4n) is 7.59. The molecule has 20 heteroatoms. The minimum atomic E-state index is -1.80. The summed E-state index contributed by atoms with van der Waals surface area (Å²) in [6.45, 7) is 7.71. The molecule has 2 heterocycles. The Morgan fingerprint density at radius 1 is 0.346 bits per heavy atom. The first-order valence-electron chi connectivity index (χ1n) is 23.8. The van der Waals surface area contributed by atoms with E-state index in [4.69, 9.17) is 9.97 Å². The van der Waals surface area contributed by atoms with Gasteiger partial charge in [-0.1, -0.05) is 97.1 Å². The van der Waals surface area contributed by atoms with Gasteiger partial charge in [-0.15, -0.1) is 0 Å². The standard InChI is InChI=1S/2C17H12N2.3C8H10O5.Ru/c2*1-11-10-18-16-14-8-4-2-6-12(14)13-7-3-5-9-15(13)17(16)19-11;3*1-5(9)4-6(10)2-3-7(11)8(12)13;/h2*2-10H,1H3;3*2-4H2,1H3,(H,12,13);/q;;;;;+3/p-3. The van der Waals surface area contributed by atoms with E-state index in [1.54, 1.807) is 0 Å². The van der Waals surface area contributed by atoms with Crippen LogP contribution in [0.4, 0.5) is 0 Å². The van der Waals surface area contributed by atoms with Gasteiger partial charge in [0.25, 0.3) is 0 Å². The van der Waals surface area contributed by atoms with Crippen LogP contribution in [0.25, 0.3) is 65.2 Å². The Morgan fingerprint density at radius 2 is 0.564 bits per heavy atom. The smallest absolute Gasteiger partial charge is 0.542 e. The number of carbonyl (C=O) groups is 12. The summed E-state index contributed by atoms with van der Waals surface area (Å²) in [6.07, 6.45) is 1.09. The Morgan fingerprint density at radius 3 is 0.782 bits per heavy atom. The predicted molar refractivity (Wildman–Crippen MR) is 277 cm³/mol. The summed E-state index contributed by atoms with van der Waals surface area (Å²) in [4.78, 5) is 143. The van der Waals surface area contributed by atoms with Crippen molar-refractivity contribution in [1.29, 1.82) is 0 Å². The quantitative estimate of drug-likeness (QED) is 0.0497. The minimum Gasteiger partial charge on any atom is -0.542 e. The number of Topliss-reactive ketones (excluding diaryl/α,β-unsaturated/α-hetero) is 9. The summed E-state index contributed by atoms with van der Waals surface area (Å²) >= 11 is 0. The Labute approximate surface area is 458 Å². The second kappa shape index (κ2) is 30.6. The molecule has 1 radical (unpaired) electrons. The third-order valence-electron chi connectivity index (χ3n) is 11.0. The van der Waals surface area contributed by atoms with Crippen molar-refractivity contribution in [2.24, 2.45) is 0 Å². The molecule has 0 fully saturated rings. The van der Waals surface area contributed by atoms with E-state index in [-0.39, 0.29) is 75.4 Å². The molecule has 0 amide bonds. The molecule has 0 atom stereocenters. The molecule has 0 aliphatic rings. The molecular formula is C58H51N4O15Ru. The summed E-state index contributed by atoms with van der Waals surface area (Å²) in [5.41, 5.74) is 5.87. The summed E-state index contributed by atoms with van der Waals surface area (Å²) in [7, 11) is 0. The molecule has 0 saturated carbocycles. The van der Waals surface area contributed by atoms with Crippen LogP contribution in [0.2, 0.25) is 0 Å². The van der Waals surface area contributed by atoms with Gasteiger partial charge in [0.05, 0.1) is 52.7 Å². The fraction of sp³-hybridized carbons (Fsp3) is 0.241. The number of rotatable bonds is 18. The average molecular weight is 1150 g/mol. The van der Waals surface area contributed by atoms with Crippen molar-refractivity contribution in [3.05, 3.63) is 121 Å². The SMILES string of the molecule is CC(=O)CC(=O)CCC(=O)C(=O)[O-].CC(=O)CC(=O)CCC(=O)C(=O)[O-].CC(=O)CC(=O)CCC(=O)C(=O)[O-].Cc1cnc2c3ccccc3c3ccccc3c2n1.Cc1cnc2c3ccccc3c3ccccc3c2n1.[Ru+3]. The van der Waals surface area contributed by atoms with E-state index in [0.717, 1.165) is 33.5 Å². The fourth-order valence-corrected chi connectivity index (χ4v) is 7.59. The summed E-state index contributed by atoms with van der Waals surface area (Å²) in [6, 6.07) is 33.6. The number of carboxylic acids is 3. The summed E-state index contributed by atoms with van der Waals surface area (Å²) in [5.74, 6) is -10.9. The van der Waals surface area contributed by atoms with E-state index in [9.17, 15) is 72.9 Å². The average Bonchev–Trinajstić information content (AvgIpc) is 3.39. The minimum absolute atomic E-state index is 0. The molecule has 8 rings (SSSR count). The van der Waals surface area contributed by atoms with Crippen LogP contribution < -0.4 is 15.3 Å². The van der Waals surface area contributed by atoms with Gasteiger partial charge in [-0.25, -0.2) is 9.97 Å². The van der Waals surface area contributed by atoms with Gasteiger partial charge in [-0.3, -0.25) is 53.1 Å². The first-order chi connectivity index (χ1) is 36.5. The van der Waals surface area contributed by atoms with Crippen molar-refractivity contribution in [2.75, 3.05) is 0 Å². The zero-order valence-electron chi connectivity index (χ0n) is 43.0. The van der Waals surface area contributed by atoms with E-state index in [0.29, 0.717) is 0 Å². The van der Waals surface area contributed by atoms with Crippen molar-refractivity contribution in [1.82, 2.24) is 19.9 Å². The number of carboxylic acid groups (broad SMARTS) is 3. The maximum absolute atomic E-state index is 10.8. The number of ketones is 9. The molecule has 8 aromatic rings. The number of hydrogen-bond acceptors (Lipinski definition) is 19. The normalized spacial score (nSPS) is 10.2. The van der Waals surface area contributed by atoms with E-state index in [1.165, 1.54) is 63.9 Å². The number of nitrogens with zero attached hydrogens (tertiary/aromatic N) is 4. The number of hydrogen-bond donors (Lipinski definition) is 0. The molecule has 0 bridgehead atoms. The van der Waals surface area contributed by atoms with Gasteiger partial charge in [-0.2, -0.15) is 0 Å². The van der Waals surface area contributed by atoms with Gasteiger partial charge in [-0.05, 0) is 56.2 Å². The van der Waals surface area contributed by atoms with Crippen LogP contribution in [0.5, 0.6) is 0 Å². The predicted octanol–water partition coefficient (Wildman–Crippen LogP) is 4.39. The van der Waals surface area contributed by atoms with E-state index < -0.39 is 71.9 Å². The van der Waals surface area contributed by atoms with E-state index in [2.05, 4.69) is 107 Å². The molecule has 0 unspecified atom stereocenters. The zero-order chi connectivity index (χ0) is 56.9. The van der Waals surface area contributed by atoms with Crippen molar-refractivity contribution in [3.63, 3.8) is 0 Å². The number of fused-ring (bicyclic) bond motifs is 12. The Balaban J connectivity index is 0.000000260. The van der Waals surface area contributed by atoms with Crippen LogP contribution in [0.1, 0.15) is 89.9 Å². The maximum Gasteiger partial charge on any atom is 3.00 e. The Kier molecular flexibility index (Phi) is 24.9. The third kappa shape index (κ3) is 19.0. The van der Waals surface area contributed by atoms with Crippen molar-refractivity contribution < 1.29 is 92.3 Å². The molecule has 0 saturated heterocycles. The second-order valence-electron chi connectivity index (χ2n) is 17.5. The van der Waals surface area contributed by atoms with Crippen LogP contribution >= 0.6 is 0 Å². The van der Waals surface area contributed by atoms with Crippen LogP contribution in [-0.4, -0.2) is 89.9 Å². The van der Waals surface area contributed by atoms with Gasteiger partial charge < -0.3 is 29.7 Å². The van der Waals surface area contributed by atoms with Crippen LogP contribution in [0.3, 0.4) is 0 Å². The molecule has 6 aromatic carbocycles. The molecule has 0 N–H and O–H groups in total. The number of benzene rings is 6. The van der Waals surface area contributed by atoms with Gasteiger partial charge in [0.1, 0.15) is 52.6 Å². The number of carbonyl (C=O) groups excluding carboxylic acids is 12. The molecule has 78 heavy (non-hydrogen) atoms. The summed E-state index contributed by atoms with van der Waals surface area (Å²) < 4.78 is 0. The van der Waals surface area contributed by atoms with Gasteiger partial charge in [0, 0.05) is 72.5 Å². The largest absolute Gasteiger partial charge is 3.00 e. The van der Waals surface area contributed by atoms with Crippen molar-refractivity contribution in [3.8, 4) is 0 Å². The molecule has 2 aromatic heterocycles. The first-order valence-corrected chi connectivity index (χ1v) is 23.8. The van der Waals surface area contributed by atoms with Crippen molar-refractivity contribution >= 4 is 135 Å². The molecule has 0 aliphatic heterocycles. The molecule has 19 nitrogen and oxygen atoms in total. The molecule has 0 spiro atoms. The number of aliphatic carboxylic acids is 3. The van der Waals surface area contributed by atoms with Gasteiger partial charge in [0.2, 0.25) is 0 Å². The summed E-state index contributed by atoms with van der Waals surface area (Å²) in [5, 5.41) is 39.3. The second-order valence-corrected chi connectivity index (χ2v) is 17.5.